The molecule has 1 amide bonds. The van der Waals surface area contributed by atoms with Crippen LogP contribution < -0.4 is 0 Å². The number of oxazole rings is 1. The van der Waals surface area contributed by atoms with E-state index in [0.717, 1.165) is 28.3 Å². The van der Waals surface area contributed by atoms with Crippen LogP contribution in [0.15, 0.2) is 71.3 Å². The average Bonchev–Trinajstić information content (AvgIpc) is 3.43. The molecule has 0 fully saturated rings. The second-order valence-corrected chi connectivity index (χ2v) is 7.16. The molecule has 2 aromatic heterocycles. The van der Waals surface area contributed by atoms with E-state index in [-0.39, 0.29) is 5.91 Å². The Morgan fingerprint density at radius 2 is 1.90 bits per heavy atom. The van der Waals surface area contributed by atoms with E-state index in [9.17, 15) is 4.79 Å². The van der Waals surface area contributed by atoms with Crippen LogP contribution in [0.5, 0.6) is 0 Å². The third-order valence-electron chi connectivity index (χ3n) is 5.20. The standard InChI is InChI=1S/C23H20N4O2/c28-23(18-8-6-17(7-9-18)19-10-12-24-26-19)27-13-11-21-20(15-27)25-22(29-21)14-16-4-2-1-3-5-16/h1-10,12H,11,13-15H2,(H,24,26). The van der Waals surface area contributed by atoms with E-state index >= 15 is 0 Å². The summed E-state index contributed by atoms with van der Waals surface area (Å²) in [4.78, 5) is 19.4. The predicted octanol–water partition coefficient (Wildman–Crippen LogP) is 3.85. The molecule has 29 heavy (non-hydrogen) atoms. The molecule has 1 aliphatic heterocycles. The van der Waals surface area contributed by atoms with Crippen LogP contribution in [0, 0.1) is 0 Å². The largest absolute Gasteiger partial charge is 0.445 e. The normalized spacial score (nSPS) is 13.3. The Balaban J connectivity index is 1.29. The number of H-pyrrole nitrogens is 1. The third-order valence-corrected chi connectivity index (χ3v) is 5.20. The zero-order valence-corrected chi connectivity index (χ0v) is 15.8. The number of aromatic nitrogens is 3. The molecule has 5 rings (SSSR count). The van der Waals surface area contributed by atoms with Crippen LogP contribution in [0.3, 0.4) is 0 Å². The highest BCUT2D eigenvalue weighted by Crippen LogP contribution is 2.23. The van der Waals surface area contributed by atoms with Crippen LogP contribution in [-0.2, 0) is 19.4 Å². The zero-order valence-electron chi connectivity index (χ0n) is 15.8. The fraction of sp³-hybridized carbons (Fsp3) is 0.174. The van der Waals surface area contributed by atoms with Gasteiger partial charge in [-0.1, -0.05) is 42.5 Å². The van der Waals surface area contributed by atoms with Crippen molar-refractivity contribution < 1.29 is 9.21 Å². The van der Waals surface area contributed by atoms with Gasteiger partial charge in [0, 0.05) is 31.1 Å². The highest BCUT2D eigenvalue weighted by molar-refractivity contribution is 5.94. The summed E-state index contributed by atoms with van der Waals surface area (Å²) in [6.07, 6.45) is 3.07. The van der Waals surface area contributed by atoms with Gasteiger partial charge in [0.15, 0.2) is 5.89 Å². The summed E-state index contributed by atoms with van der Waals surface area (Å²) < 4.78 is 5.94. The van der Waals surface area contributed by atoms with Gasteiger partial charge in [-0.05, 0) is 29.3 Å². The molecule has 4 aromatic rings. The number of aromatic amines is 1. The van der Waals surface area contributed by atoms with Gasteiger partial charge in [0.1, 0.15) is 11.5 Å². The monoisotopic (exact) mass is 384 g/mol. The van der Waals surface area contributed by atoms with Crippen LogP contribution in [0.25, 0.3) is 11.3 Å². The van der Waals surface area contributed by atoms with Crippen LogP contribution in [0.1, 0.15) is 33.3 Å². The molecule has 3 heterocycles. The molecule has 0 atom stereocenters. The van der Waals surface area contributed by atoms with Crippen LogP contribution >= 0.6 is 0 Å². The Kier molecular flexibility index (Phi) is 4.44. The van der Waals surface area contributed by atoms with Crippen molar-refractivity contribution >= 4 is 5.91 Å². The van der Waals surface area contributed by atoms with Gasteiger partial charge < -0.3 is 9.32 Å². The number of carbonyl (C=O) groups is 1. The maximum Gasteiger partial charge on any atom is 0.254 e. The third kappa shape index (κ3) is 3.57. The van der Waals surface area contributed by atoms with Gasteiger partial charge in [-0.3, -0.25) is 9.89 Å². The summed E-state index contributed by atoms with van der Waals surface area (Å²) in [6, 6.07) is 19.6. The molecule has 0 spiro atoms. The summed E-state index contributed by atoms with van der Waals surface area (Å²) in [5.41, 5.74) is 4.63. The maximum atomic E-state index is 13.0. The first-order valence-electron chi connectivity index (χ1n) is 9.67. The van der Waals surface area contributed by atoms with E-state index in [0.29, 0.717) is 37.4 Å². The second-order valence-electron chi connectivity index (χ2n) is 7.16. The molecule has 1 aliphatic rings. The molecular weight excluding hydrogens is 364 g/mol. The Morgan fingerprint density at radius 1 is 1.07 bits per heavy atom. The Bertz CT molecular complexity index is 1120. The molecule has 0 saturated carbocycles. The van der Waals surface area contributed by atoms with Crippen molar-refractivity contribution in [2.75, 3.05) is 6.54 Å². The highest BCUT2D eigenvalue weighted by Gasteiger charge is 2.26. The molecular formula is C23H20N4O2. The summed E-state index contributed by atoms with van der Waals surface area (Å²) >= 11 is 0. The van der Waals surface area contributed by atoms with E-state index < -0.39 is 0 Å². The van der Waals surface area contributed by atoms with Gasteiger partial charge in [0.25, 0.3) is 5.91 Å². The molecule has 0 bridgehead atoms. The van der Waals surface area contributed by atoms with Crippen molar-refractivity contribution in [1.82, 2.24) is 20.1 Å². The van der Waals surface area contributed by atoms with Gasteiger partial charge in [-0.25, -0.2) is 4.98 Å². The fourth-order valence-corrected chi connectivity index (χ4v) is 3.66. The average molecular weight is 384 g/mol. The summed E-state index contributed by atoms with van der Waals surface area (Å²) in [6.45, 7) is 1.11. The number of benzene rings is 2. The summed E-state index contributed by atoms with van der Waals surface area (Å²) in [5.74, 6) is 1.62. The molecule has 0 radical (unpaired) electrons. The Morgan fingerprint density at radius 3 is 2.66 bits per heavy atom. The van der Waals surface area contributed by atoms with E-state index in [1.54, 1.807) is 6.20 Å². The summed E-state index contributed by atoms with van der Waals surface area (Å²) in [7, 11) is 0. The van der Waals surface area contributed by atoms with Gasteiger partial charge in [-0.15, -0.1) is 0 Å². The first kappa shape index (κ1) is 17.4. The lowest BCUT2D eigenvalue weighted by Crippen LogP contribution is -2.35. The van der Waals surface area contributed by atoms with E-state index in [4.69, 9.17) is 4.42 Å². The fourth-order valence-electron chi connectivity index (χ4n) is 3.66. The van der Waals surface area contributed by atoms with E-state index in [1.807, 2.05) is 53.4 Å². The van der Waals surface area contributed by atoms with Gasteiger partial charge in [-0.2, -0.15) is 5.10 Å². The topological polar surface area (TPSA) is 75.0 Å². The number of amides is 1. The SMILES string of the molecule is O=C(c1ccc(-c2ccn[nH]2)cc1)N1CCc2oc(Cc3ccccc3)nc2C1. The van der Waals surface area contributed by atoms with Crippen molar-refractivity contribution in [3.05, 3.63) is 95.3 Å². The van der Waals surface area contributed by atoms with Crippen LogP contribution in [0.4, 0.5) is 0 Å². The predicted molar refractivity (Wildman–Crippen MR) is 108 cm³/mol. The van der Waals surface area contributed by atoms with Crippen molar-refractivity contribution in [2.45, 2.75) is 19.4 Å². The number of carbonyl (C=O) groups excluding carboxylic acids is 1. The van der Waals surface area contributed by atoms with Crippen LogP contribution in [0.2, 0.25) is 0 Å². The van der Waals surface area contributed by atoms with E-state index in [2.05, 4.69) is 27.3 Å². The minimum Gasteiger partial charge on any atom is -0.445 e. The smallest absolute Gasteiger partial charge is 0.254 e. The molecule has 6 nitrogen and oxygen atoms in total. The number of nitrogens with zero attached hydrogens (tertiary/aromatic N) is 3. The first-order chi connectivity index (χ1) is 14.3. The molecule has 2 aromatic carbocycles. The van der Waals surface area contributed by atoms with Crippen molar-refractivity contribution in [1.29, 1.82) is 0 Å². The zero-order chi connectivity index (χ0) is 19.6. The first-order valence-corrected chi connectivity index (χ1v) is 9.67. The van der Waals surface area contributed by atoms with Crippen molar-refractivity contribution in [2.24, 2.45) is 0 Å². The van der Waals surface area contributed by atoms with Crippen LogP contribution in [-0.4, -0.2) is 32.5 Å². The number of hydrogen-bond acceptors (Lipinski definition) is 4. The number of fused-ring (bicyclic) bond motifs is 1. The van der Waals surface area contributed by atoms with Gasteiger partial charge in [0.05, 0.1) is 12.2 Å². The lowest BCUT2D eigenvalue weighted by atomic mass is 10.1. The summed E-state index contributed by atoms with van der Waals surface area (Å²) in [5, 5.41) is 6.90. The number of rotatable bonds is 4. The quantitative estimate of drug-likeness (QED) is 0.580. The Hall–Kier alpha value is -3.67. The van der Waals surface area contributed by atoms with E-state index in [1.165, 1.54) is 0 Å². The maximum absolute atomic E-state index is 13.0. The second kappa shape index (κ2) is 7.39. The van der Waals surface area contributed by atoms with Gasteiger partial charge in [0.2, 0.25) is 0 Å². The van der Waals surface area contributed by atoms with Crippen molar-refractivity contribution in [3.8, 4) is 11.3 Å². The lowest BCUT2D eigenvalue weighted by Gasteiger charge is -2.25. The molecule has 1 N–H and O–H groups in total. The molecule has 0 unspecified atom stereocenters. The van der Waals surface area contributed by atoms with Gasteiger partial charge >= 0.3 is 0 Å². The minimum absolute atomic E-state index is 0.0134. The molecule has 144 valence electrons. The number of hydrogen-bond donors (Lipinski definition) is 1. The Labute approximate surface area is 168 Å². The number of nitrogens with one attached hydrogen (secondary N) is 1. The van der Waals surface area contributed by atoms with Crippen molar-refractivity contribution in [3.63, 3.8) is 0 Å². The molecule has 0 saturated heterocycles. The lowest BCUT2D eigenvalue weighted by molar-refractivity contribution is 0.0728. The highest BCUT2D eigenvalue weighted by atomic mass is 16.4. The molecule has 0 aliphatic carbocycles. The minimum atomic E-state index is 0.0134. The molecule has 6 heteroatoms.